The number of carbonyl (C=O) groups excluding carboxylic acids is 1. The van der Waals surface area contributed by atoms with Crippen LogP contribution < -0.4 is 5.32 Å². The zero-order valence-corrected chi connectivity index (χ0v) is 15.5. The lowest BCUT2D eigenvalue weighted by Crippen LogP contribution is -2.50. The second-order valence-corrected chi connectivity index (χ2v) is 7.96. The molecule has 0 unspecified atom stereocenters. The fraction of sp³-hybridized carbons (Fsp3) is 0.500. The fourth-order valence-electron chi connectivity index (χ4n) is 2.62. The summed E-state index contributed by atoms with van der Waals surface area (Å²) in [4.78, 5) is 13.8. The van der Waals surface area contributed by atoms with Gasteiger partial charge in [-0.25, -0.2) is 8.42 Å². The number of carbonyl (C=O) groups is 1. The highest BCUT2D eigenvalue weighted by molar-refractivity contribution is 7.92. The van der Waals surface area contributed by atoms with E-state index in [9.17, 15) is 13.2 Å². The Bertz CT molecular complexity index is 666. The van der Waals surface area contributed by atoms with Crippen LogP contribution in [-0.2, 0) is 14.8 Å². The van der Waals surface area contributed by atoms with Gasteiger partial charge in [0.1, 0.15) is 0 Å². The topological polar surface area (TPSA) is 69.7 Å². The molecular weight excluding hydrogens is 338 g/mol. The van der Waals surface area contributed by atoms with Gasteiger partial charge in [-0.05, 0) is 18.1 Å². The minimum absolute atomic E-state index is 0.00808. The molecular formula is C18H27N3O3S. The van der Waals surface area contributed by atoms with Crippen LogP contribution in [0, 0.1) is 0 Å². The Kier molecular flexibility index (Phi) is 7.61. The molecule has 1 amide bonds. The van der Waals surface area contributed by atoms with E-state index in [1.54, 1.807) is 6.08 Å². The SMILES string of the molecule is CCCCNC(=O)CN1CCN(S(=O)(=O)/C=C/c2ccccc2)CC1. The van der Waals surface area contributed by atoms with Crippen LogP contribution in [0.2, 0.25) is 0 Å². The number of sulfonamides is 1. The third-order valence-corrected chi connectivity index (χ3v) is 5.71. The number of nitrogens with one attached hydrogen (secondary N) is 1. The Morgan fingerprint density at radius 2 is 1.84 bits per heavy atom. The number of benzene rings is 1. The zero-order chi connectivity index (χ0) is 18.1. The minimum atomic E-state index is -3.43. The third kappa shape index (κ3) is 6.61. The summed E-state index contributed by atoms with van der Waals surface area (Å²) in [6.45, 7) is 5.07. The molecule has 1 aliphatic rings. The van der Waals surface area contributed by atoms with Gasteiger partial charge in [0.25, 0.3) is 0 Å². The van der Waals surface area contributed by atoms with E-state index in [4.69, 9.17) is 0 Å². The lowest BCUT2D eigenvalue weighted by atomic mass is 10.2. The molecule has 0 atom stereocenters. The standard InChI is InChI=1S/C18H27N3O3S/c1-2-3-10-19-18(22)16-20-11-13-21(14-12-20)25(23,24)15-9-17-7-5-4-6-8-17/h4-9,15H,2-3,10-14,16H2,1H3,(H,19,22)/b15-9+. The maximum absolute atomic E-state index is 12.4. The van der Waals surface area contributed by atoms with Crippen molar-refractivity contribution in [1.29, 1.82) is 0 Å². The first-order valence-corrected chi connectivity index (χ1v) is 10.2. The summed E-state index contributed by atoms with van der Waals surface area (Å²) in [6.07, 6.45) is 3.64. The van der Waals surface area contributed by atoms with Crippen LogP contribution in [0.15, 0.2) is 35.7 Å². The molecule has 1 N–H and O–H groups in total. The molecule has 1 heterocycles. The van der Waals surface area contributed by atoms with Crippen LogP contribution in [0.1, 0.15) is 25.3 Å². The predicted octanol–water partition coefficient (Wildman–Crippen LogP) is 1.52. The van der Waals surface area contributed by atoms with Crippen molar-refractivity contribution in [1.82, 2.24) is 14.5 Å². The second-order valence-electron chi connectivity index (χ2n) is 6.14. The highest BCUT2D eigenvalue weighted by atomic mass is 32.2. The van der Waals surface area contributed by atoms with Crippen LogP contribution >= 0.6 is 0 Å². The summed E-state index contributed by atoms with van der Waals surface area (Å²) in [6, 6.07) is 9.36. The number of amides is 1. The van der Waals surface area contributed by atoms with Gasteiger partial charge in [-0.3, -0.25) is 9.69 Å². The smallest absolute Gasteiger partial charge is 0.236 e. The van der Waals surface area contributed by atoms with Crippen molar-refractivity contribution in [2.45, 2.75) is 19.8 Å². The molecule has 0 aliphatic carbocycles. The molecule has 6 nitrogen and oxygen atoms in total. The van der Waals surface area contributed by atoms with E-state index >= 15 is 0 Å². The van der Waals surface area contributed by atoms with Crippen molar-refractivity contribution in [2.75, 3.05) is 39.3 Å². The summed E-state index contributed by atoms with van der Waals surface area (Å²) in [5.41, 5.74) is 0.855. The van der Waals surface area contributed by atoms with Gasteiger partial charge >= 0.3 is 0 Å². The lowest BCUT2D eigenvalue weighted by molar-refractivity contribution is -0.122. The Balaban J connectivity index is 1.80. The summed E-state index contributed by atoms with van der Waals surface area (Å²) in [7, 11) is -3.43. The summed E-state index contributed by atoms with van der Waals surface area (Å²) in [5, 5.41) is 4.15. The van der Waals surface area contributed by atoms with Crippen molar-refractivity contribution in [3.05, 3.63) is 41.3 Å². The monoisotopic (exact) mass is 365 g/mol. The normalized spacial score (nSPS) is 17.0. The zero-order valence-electron chi connectivity index (χ0n) is 14.7. The first-order valence-electron chi connectivity index (χ1n) is 8.73. The van der Waals surface area contributed by atoms with Crippen molar-refractivity contribution >= 4 is 22.0 Å². The predicted molar refractivity (Wildman–Crippen MR) is 100 cm³/mol. The Morgan fingerprint density at radius 1 is 1.16 bits per heavy atom. The molecule has 0 radical (unpaired) electrons. The Labute approximate surface area is 150 Å². The molecule has 1 saturated heterocycles. The number of hydrogen-bond donors (Lipinski definition) is 1. The third-order valence-electron chi connectivity index (χ3n) is 4.14. The van der Waals surface area contributed by atoms with Crippen LogP contribution in [-0.4, -0.2) is 62.8 Å². The summed E-state index contributed by atoms with van der Waals surface area (Å²) < 4.78 is 26.3. The number of unbranched alkanes of at least 4 members (excludes halogenated alkanes) is 1. The average molecular weight is 365 g/mol. The van der Waals surface area contributed by atoms with Gasteiger partial charge in [0.2, 0.25) is 15.9 Å². The molecule has 7 heteroatoms. The van der Waals surface area contributed by atoms with E-state index in [0.29, 0.717) is 39.3 Å². The van der Waals surface area contributed by atoms with Crippen LogP contribution in [0.5, 0.6) is 0 Å². The lowest BCUT2D eigenvalue weighted by Gasteiger charge is -2.32. The van der Waals surface area contributed by atoms with E-state index in [2.05, 4.69) is 12.2 Å². The average Bonchev–Trinajstić information content (AvgIpc) is 2.62. The molecule has 0 saturated carbocycles. The van der Waals surface area contributed by atoms with Crippen molar-refractivity contribution in [3.8, 4) is 0 Å². The maximum atomic E-state index is 12.4. The summed E-state index contributed by atoms with van der Waals surface area (Å²) >= 11 is 0. The van der Waals surface area contributed by atoms with Crippen LogP contribution in [0.25, 0.3) is 6.08 Å². The number of hydrogen-bond acceptors (Lipinski definition) is 4. The number of piperazine rings is 1. The first-order chi connectivity index (χ1) is 12.0. The fourth-order valence-corrected chi connectivity index (χ4v) is 3.79. The van der Waals surface area contributed by atoms with E-state index in [1.807, 2.05) is 35.2 Å². The first kappa shape index (κ1) is 19.6. The molecule has 1 aromatic carbocycles. The van der Waals surface area contributed by atoms with E-state index < -0.39 is 10.0 Å². The van der Waals surface area contributed by atoms with E-state index in [1.165, 1.54) is 9.71 Å². The second kappa shape index (κ2) is 9.70. The molecule has 138 valence electrons. The molecule has 1 aromatic rings. The van der Waals surface area contributed by atoms with Gasteiger partial charge in [-0.15, -0.1) is 0 Å². The largest absolute Gasteiger partial charge is 0.355 e. The van der Waals surface area contributed by atoms with Crippen LogP contribution in [0.3, 0.4) is 0 Å². The van der Waals surface area contributed by atoms with E-state index in [0.717, 1.165) is 18.4 Å². The van der Waals surface area contributed by atoms with E-state index in [-0.39, 0.29) is 5.91 Å². The molecule has 25 heavy (non-hydrogen) atoms. The highest BCUT2D eigenvalue weighted by Crippen LogP contribution is 2.11. The van der Waals surface area contributed by atoms with Crippen molar-refractivity contribution < 1.29 is 13.2 Å². The Hall–Kier alpha value is -1.70. The highest BCUT2D eigenvalue weighted by Gasteiger charge is 2.25. The van der Waals surface area contributed by atoms with Gasteiger partial charge in [0.05, 0.1) is 6.54 Å². The summed E-state index contributed by atoms with van der Waals surface area (Å²) in [5.74, 6) is 0.00808. The molecule has 2 rings (SSSR count). The minimum Gasteiger partial charge on any atom is -0.355 e. The molecule has 0 bridgehead atoms. The molecule has 1 aliphatic heterocycles. The van der Waals surface area contributed by atoms with Gasteiger partial charge in [-0.1, -0.05) is 43.7 Å². The van der Waals surface area contributed by atoms with Gasteiger partial charge in [0.15, 0.2) is 0 Å². The van der Waals surface area contributed by atoms with Crippen molar-refractivity contribution in [3.63, 3.8) is 0 Å². The van der Waals surface area contributed by atoms with Gasteiger partial charge < -0.3 is 5.32 Å². The van der Waals surface area contributed by atoms with Crippen LogP contribution in [0.4, 0.5) is 0 Å². The molecule has 0 aromatic heterocycles. The quantitative estimate of drug-likeness (QED) is 0.709. The maximum Gasteiger partial charge on any atom is 0.236 e. The Morgan fingerprint density at radius 3 is 2.48 bits per heavy atom. The van der Waals surface area contributed by atoms with Crippen molar-refractivity contribution in [2.24, 2.45) is 0 Å². The number of nitrogens with zero attached hydrogens (tertiary/aromatic N) is 2. The number of rotatable bonds is 8. The molecule has 1 fully saturated rings. The molecule has 0 spiro atoms. The van der Waals surface area contributed by atoms with Gasteiger partial charge in [-0.2, -0.15) is 4.31 Å². The van der Waals surface area contributed by atoms with Gasteiger partial charge in [0, 0.05) is 38.1 Å².